The summed E-state index contributed by atoms with van der Waals surface area (Å²) in [5, 5.41) is 0. The first kappa shape index (κ1) is 12.1. The average molecular weight is 205 g/mol. The summed E-state index contributed by atoms with van der Waals surface area (Å²) in [6, 6.07) is 7.42. The van der Waals surface area contributed by atoms with Gasteiger partial charge in [0.25, 0.3) is 0 Å². The summed E-state index contributed by atoms with van der Waals surface area (Å²) < 4.78 is 0. The molecule has 0 unspecified atom stereocenters. The van der Waals surface area contributed by atoms with E-state index in [1.54, 1.807) is 0 Å². The maximum atomic E-state index is 2.48. The van der Waals surface area contributed by atoms with E-state index < -0.39 is 0 Å². The van der Waals surface area contributed by atoms with E-state index in [9.17, 15) is 0 Å². The fraction of sp³-hybridized carbons (Fsp3) is 0.571. The van der Waals surface area contributed by atoms with E-state index in [1.807, 2.05) is 13.8 Å². The molecule has 0 fully saturated rings. The maximum absolute atomic E-state index is 2.48. The summed E-state index contributed by atoms with van der Waals surface area (Å²) in [4.78, 5) is 2.48. The van der Waals surface area contributed by atoms with Crippen LogP contribution in [0.2, 0.25) is 0 Å². The van der Waals surface area contributed by atoms with Crippen LogP contribution in [-0.2, 0) is 6.42 Å². The molecule has 0 N–H and O–H groups in total. The lowest BCUT2D eigenvalue weighted by Crippen LogP contribution is -2.28. The van der Waals surface area contributed by atoms with E-state index in [4.69, 9.17) is 0 Å². The highest BCUT2D eigenvalue weighted by atomic mass is 15.2. The normalized spacial score (nSPS) is 13.6. The Morgan fingerprint density at radius 1 is 1.20 bits per heavy atom. The van der Waals surface area contributed by atoms with E-state index in [-0.39, 0.29) is 0 Å². The van der Waals surface area contributed by atoms with Crippen LogP contribution in [0.3, 0.4) is 0 Å². The Morgan fingerprint density at radius 3 is 2.47 bits per heavy atom. The smallest absolute Gasteiger partial charge is 0.0402 e. The van der Waals surface area contributed by atoms with Gasteiger partial charge in [-0.1, -0.05) is 31.5 Å². The molecule has 0 saturated carbocycles. The molecule has 0 amide bonds. The molecule has 0 atom stereocenters. The van der Waals surface area contributed by atoms with Crippen molar-refractivity contribution in [2.75, 3.05) is 11.4 Å². The molecule has 2 rings (SSSR count). The predicted molar refractivity (Wildman–Crippen MR) is 68.7 cm³/mol. The zero-order chi connectivity index (χ0) is 11.4. The Balaban J connectivity index is 0.000000531. The van der Waals surface area contributed by atoms with Gasteiger partial charge in [-0.2, -0.15) is 0 Å². The molecule has 0 aromatic heterocycles. The number of aryl methyl sites for hydroxylation is 1. The molecule has 0 radical (unpaired) electrons. The molecule has 1 aromatic carbocycles. The summed E-state index contributed by atoms with van der Waals surface area (Å²) in [7, 11) is 0. The minimum absolute atomic E-state index is 0.629. The van der Waals surface area contributed by atoms with Crippen LogP contribution < -0.4 is 4.90 Å². The first-order valence-electron chi connectivity index (χ1n) is 6.04. The molecule has 1 heteroatoms. The van der Waals surface area contributed by atoms with Gasteiger partial charge in [0.05, 0.1) is 0 Å². The lowest BCUT2D eigenvalue weighted by atomic mass is 10.1. The van der Waals surface area contributed by atoms with Crippen LogP contribution in [-0.4, -0.2) is 12.6 Å². The lowest BCUT2D eigenvalue weighted by molar-refractivity contribution is 0.710. The molecule has 0 spiro atoms. The van der Waals surface area contributed by atoms with Crippen LogP contribution in [0.1, 0.15) is 38.8 Å². The highest BCUT2D eigenvalue weighted by molar-refractivity contribution is 5.59. The fourth-order valence-electron chi connectivity index (χ4n) is 2.09. The van der Waals surface area contributed by atoms with Crippen molar-refractivity contribution in [3.63, 3.8) is 0 Å². The van der Waals surface area contributed by atoms with Crippen molar-refractivity contribution in [2.24, 2.45) is 0 Å². The van der Waals surface area contributed by atoms with Crippen molar-refractivity contribution in [3.8, 4) is 0 Å². The van der Waals surface area contributed by atoms with E-state index >= 15 is 0 Å². The molecule has 1 aliphatic heterocycles. The van der Waals surface area contributed by atoms with E-state index in [2.05, 4.69) is 43.9 Å². The largest absolute Gasteiger partial charge is 0.369 e. The number of benzene rings is 1. The van der Waals surface area contributed by atoms with Gasteiger partial charge < -0.3 is 4.90 Å². The van der Waals surface area contributed by atoms with Gasteiger partial charge in [-0.05, 0) is 38.8 Å². The zero-order valence-electron chi connectivity index (χ0n) is 10.7. The molecule has 1 nitrogen and oxygen atoms in total. The molecular weight excluding hydrogens is 182 g/mol. The molecule has 84 valence electrons. The van der Waals surface area contributed by atoms with Gasteiger partial charge in [-0.3, -0.25) is 0 Å². The van der Waals surface area contributed by atoms with Crippen LogP contribution in [0.5, 0.6) is 0 Å². The third-order valence-electron chi connectivity index (χ3n) is 2.79. The monoisotopic (exact) mass is 205 g/mol. The molecule has 1 heterocycles. The standard InChI is InChI=1S/C12H17N.C2H6/c1-9(2)13-7-6-11-8-10(3)4-5-12(11)13;1-2/h4-5,8-9H,6-7H2,1-3H3;1-2H3. The Labute approximate surface area is 94.1 Å². The van der Waals surface area contributed by atoms with Gasteiger partial charge in [-0.15, -0.1) is 0 Å². The minimum atomic E-state index is 0.629. The van der Waals surface area contributed by atoms with Crippen LogP contribution in [0.4, 0.5) is 5.69 Å². The topological polar surface area (TPSA) is 3.24 Å². The first-order valence-corrected chi connectivity index (χ1v) is 6.04. The van der Waals surface area contributed by atoms with Gasteiger partial charge in [0.15, 0.2) is 0 Å². The second kappa shape index (κ2) is 5.20. The number of anilines is 1. The Hall–Kier alpha value is -0.980. The fourth-order valence-corrected chi connectivity index (χ4v) is 2.09. The van der Waals surface area contributed by atoms with Gasteiger partial charge in [0, 0.05) is 18.3 Å². The number of rotatable bonds is 1. The number of hydrogen-bond acceptors (Lipinski definition) is 1. The Bertz CT molecular complexity index is 315. The molecule has 0 saturated heterocycles. The van der Waals surface area contributed by atoms with E-state index in [0.717, 1.165) is 0 Å². The minimum Gasteiger partial charge on any atom is -0.369 e. The summed E-state index contributed by atoms with van der Waals surface area (Å²) in [5.41, 5.74) is 4.35. The van der Waals surface area contributed by atoms with Crippen molar-refractivity contribution in [1.29, 1.82) is 0 Å². The quantitative estimate of drug-likeness (QED) is 0.674. The van der Waals surface area contributed by atoms with E-state index in [1.165, 1.54) is 29.8 Å². The van der Waals surface area contributed by atoms with Crippen molar-refractivity contribution < 1.29 is 0 Å². The second-order valence-corrected chi connectivity index (χ2v) is 4.17. The van der Waals surface area contributed by atoms with Crippen molar-refractivity contribution >= 4 is 5.69 Å². The molecule has 0 bridgehead atoms. The highest BCUT2D eigenvalue weighted by Crippen LogP contribution is 2.29. The Morgan fingerprint density at radius 2 is 1.87 bits per heavy atom. The van der Waals surface area contributed by atoms with Crippen molar-refractivity contribution in [2.45, 2.75) is 47.1 Å². The van der Waals surface area contributed by atoms with Crippen LogP contribution in [0.25, 0.3) is 0 Å². The average Bonchev–Trinajstić information content (AvgIpc) is 2.63. The van der Waals surface area contributed by atoms with Crippen molar-refractivity contribution in [1.82, 2.24) is 0 Å². The maximum Gasteiger partial charge on any atom is 0.0402 e. The van der Waals surface area contributed by atoms with Crippen LogP contribution >= 0.6 is 0 Å². The summed E-state index contributed by atoms with van der Waals surface area (Å²) >= 11 is 0. The van der Waals surface area contributed by atoms with Crippen LogP contribution in [0.15, 0.2) is 18.2 Å². The van der Waals surface area contributed by atoms with Crippen LogP contribution in [0, 0.1) is 6.92 Å². The number of nitrogens with zero attached hydrogens (tertiary/aromatic N) is 1. The molecular formula is C14H23N. The summed E-state index contributed by atoms with van der Waals surface area (Å²) in [5.74, 6) is 0. The van der Waals surface area contributed by atoms with Gasteiger partial charge >= 0.3 is 0 Å². The first-order chi connectivity index (χ1) is 7.18. The third-order valence-corrected chi connectivity index (χ3v) is 2.79. The summed E-state index contributed by atoms with van der Waals surface area (Å²) in [6.45, 7) is 11.9. The molecule has 1 aliphatic rings. The zero-order valence-corrected chi connectivity index (χ0v) is 10.7. The SMILES string of the molecule is CC.Cc1ccc2c(c1)CCN2C(C)C. The summed E-state index contributed by atoms with van der Waals surface area (Å²) in [6.07, 6.45) is 1.22. The predicted octanol–water partition coefficient (Wildman–Crippen LogP) is 3.79. The van der Waals surface area contributed by atoms with Crippen molar-refractivity contribution in [3.05, 3.63) is 29.3 Å². The molecule has 1 aromatic rings. The van der Waals surface area contributed by atoms with Gasteiger partial charge in [0.1, 0.15) is 0 Å². The highest BCUT2D eigenvalue weighted by Gasteiger charge is 2.20. The van der Waals surface area contributed by atoms with E-state index in [0.29, 0.717) is 6.04 Å². The number of fused-ring (bicyclic) bond motifs is 1. The third kappa shape index (κ3) is 2.53. The molecule has 0 aliphatic carbocycles. The number of hydrogen-bond donors (Lipinski definition) is 0. The lowest BCUT2D eigenvalue weighted by Gasteiger charge is -2.23. The molecule has 15 heavy (non-hydrogen) atoms. The van der Waals surface area contributed by atoms with Gasteiger partial charge in [0.2, 0.25) is 0 Å². The second-order valence-electron chi connectivity index (χ2n) is 4.17. The Kier molecular flexibility index (Phi) is 4.19. The van der Waals surface area contributed by atoms with Gasteiger partial charge in [-0.25, -0.2) is 0 Å².